The molecule has 1 aromatic rings. The zero-order valence-electron chi connectivity index (χ0n) is 11.3. The number of carbonyl (C=O) groups excluding carboxylic acids is 1. The number of rotatable bonds is 5. The molecule has 1 aliphatic rings. The van der Waals surface area contributed by atoms with Crippen LogP contribution in [-0.2, 0) is 4.74 Å². The SMILES string of the molecule is CCN(CC1CCCO1)c1ccc(C(N)=O)cc1N. The fourth-order valence-electron chi connectivity index (χ4n) is 2.43. The predicted octanol–water partition coefficient (Wildman–Crippen LogP) is 1.37. The molecule has 0 aliphatic carbocycles. The van der Waals surface area contributed by atoms with Crippen LogP contribution in [0, 0.1) is 0 Å². The van der Waals surface area contributed by atoms with E-state index in [4.69, 9.17) is 16.2 Å². The average molecular weight is 263 g/mol. The molecule has 1 unspecified atom stereocenters. The number of hydrogen-bond acceptors (Lipinski definition) is 4. The van der Waals surface area contributed by atoms with Crippen LogP contribution < -0.4 is 16.4 Å². The van der Waals surface area contributed by atoms with Crippen molar-refractivity contribution >= 4 is 17.3 Å². The molecule has 1 heterocycles. The Morgan fingerprint density at radius 3 is 2.84 bits per heavy atom. The van der Waals surface area contributed by atoms with Crippen LogP contribution >= 0.6 is 0 Å². The summed E-state index contributed by atoms with van der Waals surface area (Å²) in [5, 5.41) is 0. The van der Waals surface area contributed by atoms with Crippen LogP contribution in [0.4, 0.5) is 11.4 Å². The maximum Gasteiger partial charge on any atom is 0.248 e. The molecule has 104 valence electrons. The van der Waals surface area contributed by atoms with E-state index in [1.165, 1.54) is 0 Å². The third-order valence-corrected chi connectivity index (χ3v) is 3.48. The van der Waals surface area contributed by atoms with E-state index in [9.17, 15) is 4.79 Å². The Balaban J connectivity index is 2.15. The Morgan fingerprint density at radius 1 is 1.53 bits per heavy atom. The first-order chi connectivity index (χ1) is 9.11. The van der Waals surface area contributed by atoms with Crippen LogP contribution in [0.5, 0.6) is 0 Å². The molecule has 0 aromatic heterocycles. The minimum atomic E-state index is -0.458. The minimum absolute atomic E-state index is 0.273. The van der Waals surface area contributed by atoms with Gasteiger partial charge in [-0.2, -0.15) is 0 Å². The molecule has 1 aromatic carbocycles. The summed E-state index contributed by atoms with van der Waals surface area (Å²) in [6, 6.07) is 5.20. The second-order valence-electron chi connectivity index (χ2n) is 4.81. The highest BCUT2D eigenvalue weighted by molar-refractivity contribution is 5.94. The molecule has 0 radical (unpaired) electrons. The monoisotopic (exact) mass is 263 g/mol. The first kappa shape index (κ1) is 13.7. The molecule has 2 rings (SSSR count). The topological polar surface area (TPSA) is 81.6 Å². The van der Waals surface area contributed by atoms with E-state index in [-0.39, 0.29) is 6.10 Å². The van der Waals surface area contributed by atoms with Crippen LogP contribution in [0.1, 0.15) is 30.1 Å². The second-order valence-corrected chi connectivity index (χ2v) is 4.81. The zero-order valence-corrected chi connectivity index (χ0v) is 11.3. The molecule has 1 aliphatic heterocycles. The molecule has 4 N–H and O–H groups in total. The first-order valence-electron chi connectivity index (χ1n) is 6.67. The van der Waals surface area contributed by atoms with Crippen molar-refractivity contribution in [2.24, 2.45) is 5.73 Å². The molecule has 19 heavy (non-hydrogen) atoms. The largest absolute Gasteiger partial charge is 0.397 e. The molecule has 1 saturated heterocycles. The first-order valence-corrected chi connectivity index (χ1v) is 6.67. The number of likely N-dealkylation sites (N-methyl/N-ethyl adjacent to an activating group) is 1. The van der Waals surface area contributed by atoms with Crippen molar-refractivity contribution in [2.75, 3.05) is 30.3 Å². The van der Waals surface area contributed by atoms with Crippen LogP contribution in [0.3, 0.4) is 0 Å². The molecule has 1 amide bonds. The van der Waals surface area contributed by atoms with Crippen molar-refractivity contribution in [3.05, 3.63) is 23.8 Å². The number of anilines is 2. The maximum atomic E-state index is 11.1. The third-order valence-electron chi connectivity index (χ3n) is 3.48. The van der Waals surface area contributed by atoms with Crippen LogP contribution in [0.2, 0.25) is 0 Å². The van der Waals surface area contributed by atoms with Gasteiger partial charge in [0.1, 0.15) is 0 Å². The van der Waals surface area contributed by atoms with E-state index < -0.39 is 5.91 Å². The molecule has 0 bridgehead atoms. The normalized spacial score (nSPS) is 18.5. The van der Waals surface area contributed by atoms with Gasteiger partial charge in [-0.3, -0.25) is 4.79 Å². The zero-order chi connectivity index (χ0) is 13.8. The smallest absolute Gasteiger partial charge is 0.248 e. The molecule has 0 saturated carbocycles. The summed E-state index contributed by atoms with van der Waals surface area (Å²) in [5.41, 5.74) is 13.2. The van der Waals surface area contributed by atoms with Gasteiger partial charge in [-0.25, -0.2) is 0 Å². The lowest BCUT2D eigenvalue weighted by Crippen LogP contribution is -2.32. The lowest BCUT2D eigenvalue weighted by atomic mass is 10.1. The lowest BCUT2D eigenvalue weighted by Gasteiger charge is -2.27. The van der Waals surface area contributed by atoms with E-state index in [2.05, 4.69) is 11.8 Å². The van der Waals surface area contributed by atoms with Crippen molar-refractivity contribution in [1.82, 2.24) is 0 Å². The number of benzene rings is 1. The molecule has 1 atom stereocenters. The number of hydrogen-bond donors (Lipinski definition) is 2. The van der Waals surface area contributed by atoms with Gasteiger partial charge >= 0.3 is 0 Å². The van der Waals surface area contributed by atoms with E-state index in [0.717, 1.165) is 38.2 Å². The van der Waals surface area contributed by atoms with Crippen molar-refractivity contribution in [3.63, 3.8) is 0 Å². The van der Waals surface area contributed by atoms with Crippen molar-refractivity contribution < 1.29 is 9.53 Å². The Kier molecular flexibility index (Phi) is 4.27. The Morgan fingerprint density at radius 2 is 2.32 bits per heavy atom. The number of nitrogens with zero attached hydrogens (tertiary/aromatic N) is 1. The summed E-state index contributed by atoms with van der Waals surface area (Å²) in [6.07, 6.45) is 2.49. The van der Waals surface area contributed by atoms with Crippen molar-refractivity contribution in [3.8, 4) is 0 Å². The summed E-state index contributed by atoms with van der Waals surface area (Å²) in [6.45, 7) is 4.60. The Bertz CT molecular complexity index is 456. The number of primary amides is 1. The second kappa shape index (κ2) is 5.93. The molecule has 5 heteroatoms. The van der Waals surface area contributed by atoms with Crippen LogP contribution in [0.15, 0.2) is 18.2 Å². The minimum Gasteiger partial charge on any atom is -0.397 e. The third kappa shape index (κ3) is 3.17. The fraction of sp³-hybridized carbons (Fsp3) is 0.500. The molecule has 1 fully saturated rings. The van der Waals surface area contributed by atoms with Gasteiger partial charge in [0.25, 0.3) is 0 Å². The lowest BCUT2D eigenvalue weighted by molar-refractivity contribution is 0.1000. The van der Waals surface area contributed by atoms with Gasteiger partial charge in [0.15, 0.2) is 0 Å². The molecular weight excluding hydrogens is 242 g/mol. The Hall–Kier alpha value is -1.75. The van der Waals surface area contributed by atoms with Crippen molar-refractivity contribution in [2.45, 2.75) is 25.9 Å². The van der Waals surface area contributed by atoms with Gasteiger partial charge in [0, 0.05) is 25.3 Å². The van der Waals surface area contributed by atoms with Crippen LogP contribution in [0.25, 0.3) is 0 Å². The summed E-state index contributed by atoms with van der Waals surface area (Å²) in [5.74, 6) is -0.458. The summed E-state index contributed by atoms with van der Waals surface area (Å²) in [7, 11) is 0. The predicted molar refractivity (Wildman–Crippen MR) is 76.2 cm³/mol. The van der Waals surface area contributed by atoms with Gasteiger partial charge in [-0.05, 0) is 38.0 Å². The molecule has 0 spiro atoms. The van der Waals surface area contributed by atoms with Crippen LogP contribution in [-0.4, -0.2) is 31.7 Å². The van der Waals surface area contributed by atoms with Gasteiger partial charge in [0.2, 0.25) is 5.91 Å². The molecular formula is C14H21N3O2. The average Bonchev–Trinajstić information content (AvgIpc) is 2.89. The Labute approximate surface area is 113 Å². The number of ether oxygens (including phenoxy) is 1. The van der Waals surface area contributed by atoms with Gasteiger partial charge in [-0.15, -0.1) is 0 Å². The van der Waals surface area contributed by atoms with E-state index in [1.54, 1.807) is 12.1 Å². The standard InChI is InChI=1S/C14H21N3O2/c1-2-17(9-11-4-3-7-19-11)13-6-5-10(14(16)18)8-12(13)15/h5-6,8,11H,2-4,7,9,15H2,1H3,(H2,16,18). The maximum absolute atomic E-state index is 11.1. The highest BCUT2D eigenvalue weighted by Crippen LogP contribution is 2.26. The summed E-state index contributed by atoms with van der Waals surface area (Å²) < 4.78 is 5.65. The van der Waals surface area contributed by atoms with E-state index in [0.29, 0.717) is 11.3 Å². The highest BCUT2D eigenvalue weighted by Gasteiger charge is 2.20. The highest BCUT2D eigenvalue weighted by atomic mass is 16.5. The van der Waals surface area contributed by atoms with E-state index >= 15 is 0 Å². The number of amides is 1. The van der Waals surface area contributed by atoms with Gasteiger partial charge in [0.05, 0.1) is 17.5 Å². The number of nitrogens with two attached hydrogens (primary N) is 2. The fourth-order valence-corrected chi connectivity index (χ4v) is 2.43. The number of nitrogen functional groups attached to an aromatic ring is 1. The summed E-state index contributed by atoms with van der Waals surface area (Å²) in [4.78, 5) is 13.3. The van der Waals surface area contributed by atoms with Gasteiger partial charge < -0.3 is 21.1 Å². The van der Waals surface area contributed by atoms with Crippen molar-refractivity contribution in [1.29, 1.82) is 0 Å². The quantitative estimate of drug-likeness (QED) is 0.786. The molecule has 5 nitrogen and oxygen atoms in total. The summed E-state index contributed by atoms with van der Waals surface area (Å²) >= 11 is 0. The number of carbonyl (C=O) groups is 1. The van der Waals surface area contributed by atoms with Gasteiger partial charge in [-0.1, -0.05) is 0 Å². The van der Waals surface area contributed by atoms with E-state index in [1.807, 2.05) is 6.07 Å².